The van der Waals surface area contributed by atoms with Crippen molar-refractivity contribution in [3.05, 3.63) is 71.0 Å². The standard InChI is InChI=1S/C20H19NO4/c1-4-25-20(23)17-12-15-6-5-11-21(15)18(13(17)2)19(22)14-7-9-16(24-3)10-8-14/h5-12H,4H2,1-3H3. The number of ketones is 1. The summed E-state index contributed by atoms with van der Waals surface area (Å²) in [5, 5.41) is 0. The number of ether oxygens (including phenoxy) is 2. The van der Waals surface area contributed by atoms with Crippen LogP contribution in [0.2, 0.25) is 0 Å². The van der Waals surface area contributed by atoms with E-state index < -0.39 is 5.97 Å². The van der Waals surface area contributed by atoms with Gasteiger partial charge in [0.15, 0.2) is 0 Å². The molecule has 0 atom stereocenters. The topological polar surface area (TPSA) is 57.0 Å². The fourth-order valence-corrected chi connectivity index (χ4v) is 2.86. The number of aromatic nitrogens is 1. The van der Waals surface area contributed by atoms with Crippen LogP contribution >= 0.6 is 0 Å². The first kappa shape index (κ1) is 16.8. The molecule has 3 aromatic rings. The highest BCUT2D eigenvalue weighted by atomic mass is 16.5. The van der Waals surface area contributed by atoms with Gasteiger partial charge in [-0.15, -0.1) is 0 Å². The Hall–Kier alpha value is -3.08. The summed E-state index contributed by atoms with van der Waals surface area (Å²) in [5.41, 5.74) is 2.76. The van der Waals surface area contributed by atoms with Crippen LogP contribution in [0.4, 0.5) is 0 Å². The lowest BCUT2D eigenvalue weighted by atomic mass is 10.00. The molecule has 1 aromatic carbocycles. The second kappa shape index (κ2) is 6.81. The number of hydrogen-bond acceptors (Lipinski definition) is 4. The second-order valence-corrected chi connectivity index (χ2v) is 5.61. The van der Waals surface area contributed by atoms with Crippen molar-refractivity contribution in [2.45, 2.75) is 13.8 Å². The first-order valence-electron chi connectivity index (χ1n) is 8.03. The molecule has 0 saturated heterocycles. The van der Waals surface area contributed by atoms with Gasteiger partial charge in [-0.2, -0.15) is 0 Å². The zero-order valence-corrected chi connectivity index (χ0v) is 14.4. The summed E-state index contributed by atoms with van der Waals surface area (Å²) in [6, 6.07) is 12.4. The fraction of sp³-hybridized carbons (Fsp3) is 0.200. The molecule has 0 N–H and O–H groups in total. The van der Waals surface area contributed by atoms with Gasteiger partial charge in [-0.25, -0.2) is 4.79 Å². The Morgan fingerprint density at radius 3 is 2.48 bits per heavy atom. The number of methoxy groups -OCH3 is 1. The number of fused-ring (bicyclic) bond motifs is 1. The number of nitrogens with zero attached hydrogens (tertiary/aromatic N) is 1. The minimum absolute atomic E-state index is 0.160. The smallest absolute Gasteiger partial charge is 0.338 e. The van der Waals surface area contributed by atoms with Crippen molar-refractivity contribution in [3.8, 4) is 5.75 Å². The quantitative estimate of drug-likeness (QED) is 0.526. The van der Waals surface area contributed by atoms with Crippen molar-refractivity contribution in [2.24, 2.45) is 0 Å². The van der Waals surface area contributed by atoms with Crippen LogP contribution in [-0.4, -0.2) is 29.9 Å². The van der Waals surface area contributed by atoms with Crippen LogP contribution in [0, 0.1) is 6.92 Å². The van der Waals surface area contributed by atoms with Crippen molar-refractivity contribution in [2.75, 3.05) is 13.7 Å². The van der Waals surface area contributed by atoms with E-state index in [1.165, 1.54) is 0 Å². The van der Waals surface area contributed by atoms with Gasteiger partial charge in [-0.05, 0) is 61.9 Å². The van der Waals surface area contributed by atoms with E-state index in [2.05, 4.69) is 0 Å². The first-order chi connectivity index (χ1) is 12.1. The summed E-state index contributed by atoms with van der Waals surface area (Å²) in [4.78, 5) is 25.4. The Labute approximate surface area is 145 Å². The van der Waals surface area contributed by atoms with Gasteiger partial charge in [0.05, 0.1) is 25.0 Å². The van der Waals surface area contributed by atoms with Gasteiger partial charge in [0.1, 0.15) is 5.75 Å². The second-order valence-electron chi connectivity index (χ2n) is 5.61. The van der Waals surface area contributed by atoms with E-state index in [1.807, 2.05) is 18.3 Å². The maximum absolute atomic E-state index is 13.1. The molecule has 25 heavy (non-hydrogen) atoms. The maximum Gasteiger partial charge on any atom is 0.338 e. The number of carbonyl (C=O) groups excluding carboxylic acids is 2. The highest BCUT2D eigenvalue weighted by molar-refractivity contribution is 6.11. The van der Waals surface area contributed by atoms with Gasteiger partial charge in [-0.3, -0.25) is 4.79 Å². The summed E-state index contributed by atoms with van der Waals surface area (Å²) in [6.07, 6.45) is 1.81. The van der Waals surface area contributed by atoms with Crippen LogP contribution in [0.3, 0.4) is 0 Å². The number of benzene rings is 1. The molecule has 0 aliphatic heterocycles. The molecule has 3 rings (SSSR count). The maximum atomic E-state index is 13.1. The summed E-state index contributed by atoms with van der Waals surface area (Å²) in [7, 11) is 1.58. The van der Waals surface area contributed by atoms with Gasteiger partial charge in [0.25, 0.3) is 0 Å². The molecule has 5 heteroatoms. The highest BCUT2D eigenvalue weighted by Gasteiger charge is 2.22. The van der Waals surface area contributed by atoms with Gasteiger partial charge in [0.2, 0.25) is 5.78 Å². The van der Waals surface area contributed by atoms with E-state index in [4.69, 9.17) is 9.47 Å². The predicted octanol–water partition coefficient (Wildman–Crippen LogP) is 3.66. The first-order valence-corrected chi connectivity index (χ1v) is 8.03. The number of pyridine rings is 1. The van der Waals surface area contributed by atoms with Crippen molar-refractivity contribution >= 4 is 17.3 Å². The Morgan fingerprint density at radius 2 is 1.84 bits per heavy atom. The molecule has 2 aromatic heterocycles. The number of carbonyl (C=O) groups is 2. The number of rotatable bonds is 5. The van der Waals surface area contributed by atoms with Crippen molar-refractivity contribution in [1.82, 2.24) is 4.40 Å². The molecule has 2 heterocycles. The van der Waals surface area contributed by atoms with E-state index in [9.17, 15) is 9.59 Å². The lowest BCUT2D eigenvalue weighted by molar-refractivity contribution is 0.0525. The van der Waals surface area contributed by atoms with Crippen molar-refractivity contribution in [1.29, 1.82) is 0 Å². The summed E-state index contributed by atoms with van der Waals surface area (Å²) < 4.78 is 12.1. The van der Waals surface area contributed by atoms with E-state index in [1.54, 1.807) is 55.7 Å². The molecule has 0 saturated carbocycles. The molecule has 0 fully saturated rings. The Balaban J connectivity index is 2.16. The van der Waals surface area contributed by atoms with E-state index in [0.717, 1.165) is 5.52 Å². The van der Waals surface area contributed by atoms with Gasteiger partial charge in [-0.1, -0.05) is 0 Å². The molecule has 128 valence electrons. The van der Waals surface area contributed by atoms with Gasteiger partial charge in [0, 0.05) is 17.3 Å². The third-order valence-electron chi connectivity index (χ3n) is 4.14. The predicted molar refractivity (Wildman–Crippen MR) is 94.5 cm³/mol. The van der Waals surface area contributed by atoms with Crippen molar-refractivity contribution < 1.29 is 19.1 Å². The van der Waals surface area contributed by atoms with Crippen LogP contribution in [-0.2, 0) is 4.74 Å². The zero-order valence-electron chi connectivity index (χ0n) is 14.4. The van der Waals surface area contributed by atoms with E-state index in [-0.39, 0.29) is 12.4 Å². The highest BCUT2D eigenvalue weighted by Crippen LogP contribution is 2.23. The largest absolute Gasteiger partial charge is 0.497 e. The molecule has 0 aliphatic rings. The lowest BCUT2D eigenvalue weighted by Crippen LogP contribution is -2.15. The molecule has 0 spiro atoms. The lowest BCUT2D eigenvalue weighted by Gasteiger charge is -2.14. The monoisotopic (exact) mass is 337 g/mol. The summed E-state index contributed by atoms with van der Waals surface area (Å²) in [6.45, 7) is 3.81. The molecule has 0 amide bonds. The Kier molecular flexibility index (Phi) is 4.57. The minimum atomic E-state index is -0.424. The summed E-state index contributed by atoms with van der Waals surface area (Å²) >= 11 is 0. The average molecular weight is 337 g/mol. The van der Waals surface area contributed by atoms with Gasteiger partial charge >= 0.3 is 5.97 Å². The Bertz CT molecular complexity index is 938. The zero-order chi connectivity index (χ0) is 18.0. The molecule has 0 unspecified atom stereocenters. The minimum Gasteiger partial charge on any atom is -0.497 e. The summed E-state index contributed by atoms with van der Waals surface area (Å²) in [5.74, 6) is 0.0969. The normalized spacial score (nSPS) is 10.7. The Morgan fingerprint density at radius 1 is 1.12 bits per heavy atom. The molecular formula is C20H19NO4. The molecule has 0 aliphatic carbocycles. The average Bonchev–Trinajstić information content (AvgIpc) is 3.09. The van der Waals surface area contributed by atoms with Crippen LogP contribution in [0.15, 0.2) is 48.7 Å². The molecule has 5 nitrogen and oxygen atoms in total. The molecule has 0 radical (unpaired) electrons. The van der Waals surface area contributed by atoms with Gasteiger partial charge < -0.3 is 13.9 Å². The van der Waals surface area contributed by atoms with Crippen LogP contribution < -0.4 is 4.74 Å². The SMILES string of the molecule is CCOC(=O)c1cc2cccn2c(C(=O)c2ccc(OC)cc2)c1C. The van der Waals surface area contributed by atoms with E-state index in [0.29, 0.717) is 28.1 Å². The van der Waals surface area contributed by atoms with Crippen LogP contribution in [0.1, 0.15) is 38.9 Å². The fourth-order valence-electron chi connectivity index (χ4n) is 2.86. The third kappa shape index (κ3) is 3.01. The van der Waals surface area contributed by atoms with E-state index >= 15 is 0 Å². The number of hydrogen-bond donors (Lipinski definition) is 0. The molecule has 0 bridgehead atoms. The number of esters is 1. The van der Waals surface area contributed by atoms with Crippen molar-refractivity contribution in [3.63, 3.8) is 0 Å². The van der Waals surface area contributed by atoms with Crippen LogP contribution in [0.25, 0.3) is 5.52 Å². The third-order valence-corrected chi connectivity index (χ3v) is 4.14. The molecular weight excluding hydrogens is 318 g/mol. The van der Waals surface area contributed by atoms with Crippen LogP contribution in [0.5, 0.6) is 5.75 Å².